The van der Waals surface area contributed by atoms with Crippen LogP contribution in [0.1, 0.15) is 70.1 Å². The van der Waals surface area contributed by atoms with E-state index in [1.165, 1.54) is 0 Å². The first kappa shape index (κ1) is 24.8. The van der Waals surface area contributed by atoms with Crippen molar-refractivity contribution in [2.75, 3.05) is 6.61 Å². The van der Waals surface area contributed by atoms with E-state index >= 15 is 0 Å². The normalized spacial score (nSPS) is 12.4. The van der Waals surface area contributed by atoms with Gasteiger partial charge in [0.1, 0.15) is 0 Å². The number of rotatable bonds is 12. The van der Waals surface area contributed by atoms with Crippen molar-refractivity contribution in [2.24, 2.45) is 0 Å². The maximum atomic E-state index is 12.0. The molecule has 0 fully saturated rings. The maximum Gasteiger partial charge on any atom is 0.162 e. The first-order valence-corrected chi connectivity index (χ1v) is 9.66. The lowest BCUT2D eigenvalue weighted by Gasteiger charge is -2.10. The number of carbonyl (C=O) groups is 1. The van der Waals surface area contributed by atoms with Crippen molar-refractivity contribution < 1.29 is 14.6 Å². The number of aliphatic hydroxyl groups is 1. The van der Waals surface area contributed by atoms with Crippen molar-refractivity contribution in [3.63, 3.8) is 0 Å². The van der Waals surface area contributed by atoms with Crippen LogP contribution in [0.4, 0.5) is 0 Å². The van der Waals surface area contributed by atoms with E-state index in [0.717, 1.165) is 42.4 Å². The SMILES string of the molecule is C#C.C/C=C\C(=C/CCOCc1ccc(C(O)CCC)cc1)C(=O)CCC. The zero-order valence-corrected chi connectivity index (χ0v) is 17.0. The Morgan fingerprint density at radius 3 is 2.41 bits per heavy atom. The highest BCUT2D eigenvalue weighted by atomic mass is 16.5. The lowest BCUT2D eigenvalue weighted by atomic mass is 10.0. The zero-order chi connectivity index (χ0) is 20.5. The smallest absolute Gasteiger partial charge is 0.162 e. The Morgan fingerprint density at radius 2 is 1.85 bits per heavy atom. The van der Waals surface area contributed by atoms with Gasteiger partial charge in [-0.3, -0.25) is 4.79 Å². The predicted octanol–water partition coefficient (Wildman–Crippen LogP) is 5.55. The standard InChI is InChI=1S/C22H32O3.C2H2/c1-4-8-19(21(23)9-5-2)11-7-16-25-17-18-12-14-20(15-13-18)22(24)10-6-3;1-2/h4,8,11-15,22,24H,5-7,9-10,16-17H2,1-3H3;1-2H/b8-4-,19-11+;. The topological polar surface area (TPSA) is 46.5 Å². The minimum Gasteiger partial charge on any atom is -0.388 e. The van der Waals surface area contributed by atoms with Gasteiger partial charge >= 0.3 is 0 Å². The summed E-state index contributed by atoms with van der Waals surface area (Å²) in [7, 11) is 0. The zero-order valence-electron chi connectivity index (χ0n) is 17.0. The summed E-state index contributed by atoms with van der Waals surface area (Å²) in [6.45, 7) is 7.13. The van der Waals surface area contributed by atoms with Gasteiger partial charge in [0.15, 0.2) is 5.78 Å². The Balaban J connectivity index is 0.00000326. The van der Waals surface area contributed by atoms with Crippen LogP contribution in [0, 0.1) is 12.8 Å². The largest absolute Gasteiger partial charge is 0.388 e. The molecular weight excluding hydrogens is 336 g/mol. The molecule has 0 radical (unpaired) electrons. The predicted molar refractivity (Wildman–Crippen MR) is 113 cm³/mol. The maximum absolute atomic E-state index is 12.0. The summed E-state index contributed by atoms with van der Waals surface area (Å²) in [6.07, 6.45) is 17.3. The van der Waals surface area contributed by atoms with Gasteiger partial charge in [-0.15, -0.1) is 12.8 Å². The quantitative estimate of drug-likeness (QED) is 0.227. The number of Topliss-reactive ketones (excluding diaryl/α,β-unsaturated/α-hetero) is 1. The molecule has 0 saturated heterocycles. The third-order valence-corrected chi connectivity index (χ3v) is 3.97. The van der Waals surface area contributed by atoms with Crippen molar-refractivity contribution in [1.29, 1.82) is 0 Å². The highest BCUT2D eigenvalue weighted by molar-refractivity contribution is 5.97. The summed E-state index contributed by atoms with van der Waals surface area (Å²) in [5.41, 5.74) is 2.83. The molecule has 0 saturated carbocycles. The van der Waals surface area contributed by atoms with Gasteiger partial charge in [-0.25, -0.2) is 0 Å². The van der Waals surface area contributed by atoms with Crippen molar-refractivity contribution >= 4 is 5.78 Å². The van der Waals surface area contributed by atoms with Crippen LogP contribution in [0.2, 0.25) is 0 Å². The first-order chi connectivity index (χ1) is 13.1. The molecule has 1 aromatic carbocycles. The van der Waals surface area contributed by atoms with Gasteiger partial charge in [0.2, 0.25) is 0 Å². The van der Waals surface area contributed by atoms with Crippen LogP contribution in [-0.2, 0) is 16.1 Å². The molecule has 0 aliphatic heterocycles. The molecule has 0 aliphatic rings. The highest BCUT2D eigenvalue weighted by Crippen LogP contribution is 2.18. The van der Waals surface area contributed by atoms with Crippen LogP contribution in [0.3, 0.4) is 0 Å². The Labute approximate surface area is 165 Å². The van der Waals surface area contributed by atoms with E-state index in [-0.39, 0.29) is 11.9 Å². The van der Waals surface area contributed by atoms with E-state index in [9.17, 15) is 9.90 Å². The number of terminal acetylenes is 1. The van der Waals surface area contributed by atoms with E-state index in [4.69, 9.17) is 4.74 Å². The van der Waals surface area contributed by atoms with Crippen LogP contribution in [0.15, 0.2) is 48.1 Å². The number of benzene rings is 1. The number of aliphatic hydroxyl groups excluding tert-OH is 1. The first-order valence-electron chi connectivity index (χ1n) is 9.66. The molecule has 0 aliphatic carbocycles. The fourth-order valence-electron chi connectivity index (χ4n) is 2.59. The van der Waals surface area contributed by atoms with E-state index in [2.05, 4.69) is 19.8 Å². The van der Waals surface area contributed by atoms with Gasteiger partial charge in [0, 0.05) is 12.0 Å². The summed E-state index contributed by atoms with van der Waals surface area (Å²) < 4.78 is 5.69. The van der Waals surface area contributed by atoms with Gasteiger partial charge in [-0.05, 0) is 37.3 Å². The Kier molecular flexibility index (Phi) is 14.8. The number of ketones is 1. The summed E-state index contributed by atoms with van der Waals surface area (Å²) in [6, 6.07) is 7.93. The summed E-state index contributed by atoms with van der Waals surface area (Å²) >= 11 is 0. The van der Waals surface area contributed by atoms with Crippen molar-refractivity contribution in [3.05, 3.63) is 59.2 Å². The molecule has 3 nitrogen and oxygen atoms in total. The van der Waals surface area contributed by atoms with Crippen molar-refractivity contribution in [2.45, 2.75) is 65.6 Å². The molecule has 1 atom stereocenters. The van der Waals surface area contributed by atoms with E-state index < -0.39 is 0 Å². The van der Waals surface area contributed by atoms with Crippen LogP contribution in [0.5, 0.6) is 0 Å². The molecule has 1 rings (SSSR count). The molecule has 1 aromatic rings. The highest BCUT2D eigenvalue weighted by Gasteiger charge is 2.06. The molecule has 27 heavy (non-hydrogen) atoms. The van der Waals surface area contributed by atoms with E-state index in [1.807, 2.05) is 56.3 Å². The summed E-state index contributed by atoms with van der Waals surface area (Å²) in [4.78, 5) is 12.0. The second kappa shape index (κ2) is 16.1. The Morgan fingerprint density at radius 1 is 1.19 bits per heavy atom. The van der Waals surface area contributed by atoms with Crippen molar-refractivity contribution in [1.82, 2.24) is 0 Å². The fourth-order valence-corrected chi connectivity index (χ4v) is 2.59. The minimum absolute atomic E-state index is 0.196. The molecular formula is C24H34O3. The minimum atomic E-state index is -0.379. The lowest BCUT2D eigenvalue weighted by molar-refractivity contribution is -0.115. The van der Waals surface area contributed by atoms with E-state index in [1.54, 1.807) is 0 Å². The lowest BCUT2D eigenvalue weighted by Crippen LogP contribution is -2.01. The summed E-state index contributed by atoms with van der Waals surface area (Å²) in [5.74, 6) is 0.196. The number of allylic oxidation sites excluding steroid dienone is 3. The third-order valence-electron chi connectivity index (χ3n) is 3.97. The van der Waals surface area contributed by atoms with Crippen LogP contribution in [-0.4, -0.2) is 17.5 Å². The number of hydrogen-bond acceptors (Lipinski definition) is 3. The molecule has 0 amide bonds. The molecule has 1 unspecified atom stereocenters. The third kappa shape index (κ3) is 10.6. The van der Waals surface area contributed by atoms with Gasteiger partial charge in [-0.2, -0.15) is 0 Å². The molecule has 0 spiro atoms. The number of carbonyl (C=O) groups excluding carboxylic acids is 1. The van der Waals surface area contributed by atoms with Crippen LogP contribution < -0.4 is 0 Å². The van der Waals surface area contributed by atoms with Gasteiger partial charge in [-0.1, -0.05) is 62.8 Å². The van der Waals surface area contributed by atoms with Crippen molar-refractivity contribution in [3.8, 4) is 12.8 Å². The average Bonchev–Trinajstić information content (AvgIpc) is 2.69. The van der Waals surface area contributed by atoms with E-state index in [0.29, 0.717) is 19.6 Å². The fraction of sp³-hybridized carbons (Fsp3) is 0.458. The number of ether oxygens (including phenoxy) is 1. The van der Waals surface area contributed by atoms with Crippen LogP contribution in [0.25, 0.3) is 0 Å². The van der Waals surface area contributed by atoms with Gasteiger partial charge in [0.05, 0.1) is 19.3 Å². The molecule has 3 heteroatoms. The molecule has 1 N–H and O–H groups in total. The van der Waals surface area contributed by atoms with Gasteiger partial charge < -0.3 is 9.84 Å². The Hall–Kier alpha value is -2.15. The second-order valence-corrected chi connectivity index (χ2v) is 6.22. The average molecular weight is 371 g/mol. The molecule has 0 heterocycles. The Bertz CT molecular complexity index is 594. The van der Waals surface area contributed by atoms with Crippen LogP contribution >= 0.6 is 0 Å². The molecule has 0 bridgehead atoms. The monoisotopic (exact) mass is 370 g/mol. The van der Waals surface area contributed by atoms with Gasteiger partial charge in [0.25, 0.3) is 0 Å². The molecule has 148 valence electrons. The molecule has 0 aromatic heterocycles. The summed E-state index contributed by atoms with van der Waals surface area (Å²) in [5, 5.41) is 9.97. The second-order valence-electron chi connectivity index (χ2n) is 6.22. The number of hydrogen-bond donors (Lipinski definition) is 1.